The second-order valence-corrected chi connectivity index (χ2v) is 10.5. The molecule has 1 aliphatic carbocycles. The molecule has 10 heteroatoms. The summed E-state index contributed by atoms with van der Waals surface area (Å²) in [5, 5.41) is 2.82. The van der Waals surface area contributed by atoms with Crippen molar-refractivity contribution in [3.63, 3.8) is 0 Å². The van der Waals surface area contributed by atoms with E-state index in [9.17, 15) is 13.2 Å². The standard InChI is InChI=1S/C20H22Cl2N4O3S/c1-11-9-17(24-12(2)23-11)26-30(28,29)14-7-5-13(6-8-14)25-19(27)18-15(10-16(21)22)20(18,3)4/h5-10,15,18H,1-4H3,(H,25,27)(H,23,24,26). The lowest BCUT2D eigenvalue weighted by Gasteiger charge is -2.10. The maximum atomic E-state index is 12.6. The van der Waals surface area contributed by atoms with Gasteiger partial charge < -0.3 is 5.32 Å². The minimum Gasteiger partial charge on any atom is -0.326 e. The molecule has 160 valence electrons. The Hall–Kier alpha value is -2.16. The zero-order valence-corrected chi connectivity index (χ0v) is 19.2. The molecule has 1 fully saturated rings. The third-order valence-electron chi connectivity index (χ3n) is 5.14. The topological polar surface area (TPSA) is 101 Å². The first kappa shape index (κ1) is 22.5. The Morgan fingerprint density at radius 1 is 1.13 bits per heavy atom. The Morgan fingerprint density at radius 2 is 1.77 bits per heavy atom. The Balaban J connectivity index is 1.70. The van der Waals surface area contributed by atoms with Crippen molar-refractivity contribution in [2.24, 2.45) is 17.3 Å². The number of halogens is 2. The number of nitrogens with one attached hydrogen (secondary N) is 2. The van der Waals surface area contributed by atoms with Crippen LogP contribution in [0.2, 0.25) is 0 Å². The first-order chi connectivity index (χ1) is 13.9. The Morgan fingerprint density at radius 3 is 2.33 bits per heavy atom. The van der Waals surface area contributed by atoms with Crippen molar-refractivity contribution in [2.45, 2.75) is 32.6 Å². The molecule has 1 heterocycles. The lowest BCUT2D eigenvalue weighted by atomic mass is 10.1. The second-order valence-electron chi connectivity index (χ2n) is 7.84. The Kier molecular flexibility index (Phi) is 6.13. The van der Waals surface area contributed by atoms with Crippen LogP contribution < -0.4 is 10.0 Å². The zero-order chi connectivity index (χ0) is 22.3. The van der Waals surface area contributed by atoms with E-state index < -0.39 is 10.0 Å². The van der Waals surface area contributed by atoms with Gasteiger partial charge in [0.15, 0.2) is 0 Å². The molecule has 0 spiro atoms. The van der Waals surface area contributed by atoms with Crippen LogP contribution in [0, 0.1) is 31.1 Å². The van der Waals surface area contributed by atoms with E-state index in [2.05, 4.69) is 20.0 Å². The average Bonchev–Trinajstić information content (AvgIpc) is 3.13. The number of rotatable bonds is 6. The molecule has 1 aromatic carbocycles. The number of anilines is 2. The number of carbonyl (C=O) groups excluding carboxylic acids is 1. The van der Waals surface area contributed by atoms with Gasteiger partial charge in [-0.3, -0.25) is 9.52 Å². The first-order valence-electron chi connectivity index (χ1n) is 9.19. The maximum Gasteiger partial charge on any atom is 0.263 e. The fourth-order valence-electron chi connectivity index (χ4n) is 3.53. The number of aromatic nitrogens is 2. The van der Waals surface area contributed by atoms with Gasteiger partial charge in [-0.25, -0.2) is 18.4 Å². The van der Waals surface area contributed by atoms with E-state index in [1.54, 1.807) is 26.0 Å². The SMILES string of the molecule is Cc1cc(NS(=O)(=O)c2ccc(NC(=O)C3C(C=C(Cl)Cl)C3(C)C)cc2)nc(C)n1. The molecule has 0 bridgehead atoms. The summed E-state index contributed by atoms with van der Waals surface area (Å²) in [6.45, 7) is 7.37. The first-order valence-corrected chi connectivity index (χ1v) is 11.4. The third-order valence-corrected chi connectivity index (χ3v) is 6.76. The monoisotopic (exact) mass is 468 g/mol. The second kappa shape index (κ2) is 8.17. The largest absolute Gasteiger partial charge is 0.326 e. The van der Waals surface area contributed by atoms with Gasteiger partial charge in [-0.05, 0) is 55.5 Å². The molecule has 2 N–H and O–H groups in total. The summed E-state index contributed by atoms with van der Waals surface area (Å²) in [4.78, 5) is 20.9. The molecule has 2 atom stereocenters. The van der Waals surface area contributed by atoms with E-state index in [0.29, 0.717) is 17.2 Å². The van der Waals surface area contributed by atoms with Gasteiger partial charge in [0.25, 0.3) is 10.0 Å². The van der Waals surface area contributed by atoms with Crippen molar-refractivity contribution < 1.29 is 13.2 Å². The maximum absolute atomic E-state index is 12.6. The molecule has 30 heavy (non-hydrogen) atoms. The molecule has 1 amide bonds. The van der Waals surface area contributed by atoms with Crippen LogP contribution in [0.1, 0.15) is 25.4 Å². The Labute approximate surface area is 186 Å². The van der Waals surface area contributed by atoms with Crippen LogP contribution >= 0.6 is 23.2 Å². The van der Waals surface area contributed by atoms with E-state index in [0.717, 1.165) is 0 Å². The quantitative estimate of drug-likeness (QED) is 0.652. The summed E-state index contributed by atoms with van der Waals surface area (Å²) in [6, 6.07) is 7.47. The van der Waals surface area contributed by atoms with Crippen LogP contribution in [-0.4, -0.2) is 24.3 Å². The van der Waals surface area contributed by atoms with E-state index in [-0.39, 0.29) is 38.4 Å². The number of hydrogen-bond acceptors (Lipinski definition) is 5. The van der Waals surface area contributed by atoms with Gasteiger partial charge in [0.05, 0.1) is 10.8 Å². The molecule has 1 aromatic heterocycles. The van der Waals surface area contributed by atoms with E-state index in [1.807, 2.05) is 13.8 Å². The number of nitrogens with zero attached hydrogens (tertiary/aromatic N) is 2. The fourth-order valence-corrected chi connectivity index (χ4v) is 4.79. The van der Waals surface area contributed by atoms with Crippen LogP contribution in [-0.2, 0) is 14.8 Å². The van der Waals surface area contributed by atoms with E-state index in [4.69, 9.17) is 23.2 Å². The van der Waals surface area contributed by atoms with Crippen molar-refractivity contribution >= 4 is 50.6 Å². The lowest BCUT2D eigenvalue weighted by molar-refractivity contribution is -0.118. The molecule has 0 aliphatic heterocycles. The molecular weight excluding hydrogens is 447 g/mol. The van der Waals surface area contributed by atoms with Crippen LogP contribution in [0.4, 0.5) is 11.5 Å². The summed E-state index contributed by atoms with van der Waals surface area (Å²) in [7, 11) is -3.83. The summed E-state index contributed by atoms with van der Waals surface area (Å²) in [6.07, 6.45) is 1.67. The number of hydrogen-bond donors (Lipinski definition) is 2. The molecule has 3 rings (SSSR count). The highest BCUT2D eigenvalue weighted by Gasteiger charge is 2.60. The Bertz CT molecular complexity index is 1090. The van der Waals surface area contributed by atoms with Gasteiger partial charge >= 0.3 is 0 Å². The smallest absolute Gasteiger partial charge is 0.263 e. The number of benzene rings is 1. The highest BCUT2D eigenvalue weighted by atomic mass is 35.5. The molecule has 0 saturated heterocycles. The highest BCUT2D eigenvalue weighted by Crippen LogP contribution is 2.60. The zero-order valence-electron chi connectivity index (χ0n) is 16.9. The summed E-state index contributed by atoms with van der Waals surface area (Å²) < 4.78 is 27.8. The molecule has 1 saturated carbocycles. The molecule has 7 nitrogen and oxygen atoms in total. The van der Waals surface area contributed by atoms with Crippen LogP contribution in [0.3, 0.4) is 0 Å². The van der Waals surface area contributed by atoms with Gasteiger partial charge in [0.2, 0.25) is 5.91 Å². The van der Waals surface area contributed by atoms with Crippen molar-refractivity contribution in [2.75, 3.05) is 10.0 Å². The number of aryl methyl sites for hydroxylation is 2. The van der Waals surface area contributed by atoms with Gasteiger partial charge in [0.1, 0.15) is 16.1 Å². The minimum absolute atomic E-state index is 0.0499. The predicted molar refractivity (Wildman–Crippen MR) is 118 cm³/mol. The van der Waals surface area contributed by atoms with Gasteiger partial charge in [-0.15, -0.1) is 0 Å². The lowest BCUT2D eigenvalue weighted by Crippen LogP contribution is -2.17. The number of sulfonamides is 1. The summed E-state index contributed by atoms with van der Waals surface area (Å²) in [5.74, 6) is 0.185. The number of carbonyl (C=O) groups is 1. The van der Waals surface area contributed by atoms with Crippen molar-refractivity contribution in [1.29, 1.82) is 0 Å². The van der Waals surface area contributed by atoms with Crippen LogP contribution in [0.5, 0.6) is 0 Å². The van der Waals surface area contributed by atoms with Crippen molar-refractivity contribution in [1.82, 2.24) is 9.97 Å². The molecular formula is C20H22Cl2N4O3S. The van der Waals surface area contributed by atoms with Crippen LogP contribution in [0.25, 0.3) is 0 Å². The fraction of sp³-hybridized carbons (Fsp3) is 0.350. The summed E-state index contributed by atoms with van der Waals surface area (Å²) in [5.41, 5.74) is 0.903. The minimum atomic E-state index is -3.83. The number of amides is 1. The number of allylic oxidation sites excluding steroid dienone is 1. The van der Waals surface area contributed by atoms with E-state index >= 15 is 0 Å². The average molecular weight is 469 g/mol. The molecule has 1 aliphatic rings. The third kappa shape index (κ3) is 4.94. The molecule has 2 aromatic rings. The van der Waals surface area contributed by atoms with Gasteiger partial charge in [-0.1, -0.05) is 37.0 Å². The normalized spacial score (nSPS) is 19.7. The predicted octanol–water partition coefficient (Wildman–Crippen LogP) is 4.42. The molecule has 0 radical (unpaired) electrons. The van der Waals surface area contributed by atoms with Crippen molar-refractivity contribution in [3.8, 4) is 0 Å². The van der Waals surface area contributed by atoms with Gasteiger partial charge in [-0.2, -0.15) is 0 Å². The van der Waals surface area contributed by atoms with Gasteiger partial charge in [0, 0.05) is 17.4 Å². The summed E-state index contributed by atoms with van der Waals surface area (Å²) >= 11 is 11.5. The van der Waals surface area contributed by atoms with Crippen LogP contribution in [0.15, 0.2) is 45.8 Å². The van der Waals surface area contributed by atoms with Crippen molar-refractivity contribution in [3.05, 3.63) is 52.4 Å². The molecule has 2 unspecified atom stereocenters. The highest BCUT2D eigenvalue weighted by molar-refractivity contribution is 7.92. The van der Waals surface area contributed by atoms with E-state index in [1.165, 1.54) is 24.3 Å².